The number of rotatable bonds is 8. The molecule has 0 bridgehead atoms. The highest BCUT2D eigenvalue weighted by atomic mass is 16.5. The molecule has 0 aliphatic heterocycles. The average Bonchev–Trinajstić information content (AvgIpc) is 2.37. The van der Waals surface area contributed by atoms with Crippen LogP contribution in [0.15, 0.2) is 24.3 Å². The van der Waals surface area contributed by atoms with E-state index in [1.165, 1.54) is 6.42 Å². The number of ether oxygens (including phenoxy) is 2. The summed E-state index contributed by atoms with van der Waals surface area (Å²) < 4.78 is 11.0. The second-order valence-electron chi connectivity index (χ2n) is 4.27. The lowest BCUT2D eigenvalue weighted by atomic mass is 10.2. The second kappa shape index (κ2) is 7.96. The van der Waals surface area contributed by atoms with E-state index in [0.717, 1.165) is 24.6 Å². The summed E-state index contributed by atoms with van der Waals surface area (Å²) >= 11 is 0. The molecule has 0 amide bonds. The third-order valence-corrected chi connectivity index (χ3v) is 2.51. The van der Waals surface area contributed by atoms with Gasteiger partial charge in [-0.15, -0.1) is 0 Å². The summed E-state index contributed by atoms with van der Waals surface area (Å²) in [6.07, 6.45) is 1.17. The monoisotopic (exact) mass is 237 g/mol. The highest BCUT2D eigenvalue weighted by molar-refractivity contribution is 5.39. The molecule has 0 radical (unpaired) electrons. The van der Waals surface area contributed by atoms with Gasteiger partial charge in [0.1, 0.15) is 0 Å². The largest absolute Gasteiger partial charge is 0.493 e. The summed E-state index contributed by atoms with van der Waals surface area (Å²) in [7, 11) is 1.66. The van der Waals surface area contributed by atoms with Gasteiger partial charge in [0.25, 0.3) is 0 Å². The fourth-order valence-electron chi connectivity index (χ4n) is 1.55. The summed E-state index contributed by atoms with van der Waals surface area (Å²) in [6, 6.07) is 7.75. The van der Waals surface area contributed by atoms with Crippen molar-refractivity contribution in [2.45, 2.75) is 20.3 Å². The summed E-state index contributed by atoms with van der Waals surface area (Å²) in [5, 5.41) is 3.39. The van der Waals surface area contributed by atoms with Gasteiger partial charge in [0.05, 0.1) is 13.7 Å². The molecule has 1 atom stereocenters. The Hall–Kier alpha value is -1.22. The van der Waals surface area contributed by atoms with E-state index in [-0.39, 0.29) is 0 Å². The van der Waals surface area contributed by atoms with Gasteiger partial charge in [-0.05, 0) is 25.1 Å². The molecule has 3 nitrogen and oxygen atoms in total. The SMILES string of the molecule is CCCNCC(C)COc1ccccc1OC. The van der Waals surface area contributed by atoms with Crippen LogP contribution in [0.5, 0.6) is 11.5 Å². The Kier molecular flexibility index (Phi) is 6.48. The van der Waals surface area contributed by atoms with Gasteiger partial charge in [0, 0.05) is 12.5 Å². The summed E-state index contributed by atoms with van der Waals surface area (Å²) in [6.45, 7) is 7.11. The van der Waals surface area contributed by atoms with Crippen LogP contribution < -0.4 is 14.8 Å². The van der Waals surface area contributed by atoms with Crippen LogP contribution in [0.25, 0.3) is 0 Å². The third-order valence-electron chi connectivity index (χ3n) is 2.51. The first-order valence-electron chi connectivity index (χ1n) is 6.24. The summed E-state index contributed by atoms with van der Waals surface area (Å²) in [5.74, 6) is 2.10. The van der Waals surface area contributed by atoms with Gasteiger partial charge in [-0.1, -0.05) is 26.0 Å². The average molecular weight is 237 g/mol. The number of hydrogen-bond donors (Lipinski definition) is 1. The van der Waals surface area contributed by atoms with Crippen LogP contribution in [-0.2, 0) is 0 Å². The van der Waals surface area contributed by atoms with Crippen molar-refractivity contribution < 1.29 is 9.47 Å². The molecular formula is C14H23NO2. The zero-order valence-electron chi connectivity index (χ0n) is 11.0. The molecular weight excluding hydrogens is 214 g/mol. The van der Waals surface area contributed by atoms with E-state index in [2.05, 4.69) is 19.2 Å². The zero-order chi connectivity index (χ0) is 12.5. The molecule has 0 spiro atoms. The van der Waals surface area contributed by atoms with Crippen LogP contribution in [0, 0.1) is 5.92 Å². The fraction of sp³-hybridized carbons (Fsp3) is 0.571. The van der Waals surface area contributed by atoms with Gasteiger partial charge < -0.3 is 14.8 Å². The van der Waals surface area contributed by atoms with Crippen LogP contribution in [-0.4, -0.2) is 26.8 Å². The van der Waals surface area contributed by atoms with Gasteiger partial charge in [-0.25, -0.2) is 0 Å². The lowest BCUT2D eigenvalue weighted by molar-refractivity contribution is 0.244. The predicted octanol–water partition coefficient (Wildman–Crippen LogP) is 2.71. The predicted molar refractivity (Wildman–Crippen MR) is 70.8 cm³/mol. The van der Waals surface area contributed by atoms with E-state index >= 15 is 0 Å². The summed E-state index contributed by atoms with van der Waals surface area (Å²) in [4.78, 5) is 0. The molecule has 1 unspecified atom stereocenters. The first-order chi connectivity index (χ1) is 8.27. The Morgan fingerprint density at radius 1 is 1.24 bits per heavy atom. The lowest BCUT2D eigenvalue weighted by Gasteiger charge is -2.15. The van der Waals surface area contributed by atoms with Crippen molar-refractivity contribution >= 4 is 0 Å². The maximum absolute atomic E-state index is 5.76. The molecule has 3 heteroatoms. The maximum atomic E-state index is 5.76. The molecule has 1 N–H and O–H groups in total. The fourth-order valence-corrected chi connectivity index (χ4v) is 1.55. The molecule has 1 aromatic carbocycles. The quantitative estimate of drug-likeness (QED) is 0.705. The molecule has 0 heterocycles. The van der Waals surface area contributed by atoms with Gasteiger partial charge >= 0.3 is 0 Å². The van der Waals surface area contributed by atoms with E-state index in [1.807, 2.05) is 24.3 Å². The number of hydrogen-bond acceptors (Lipinski definition) is 3. The number of para-hydroxylation sites is 2. The zero-order valence-corrected chi connectivity index (χ0v) is 11.0. The normalized spacial score (nSPS) is 12.2. The van der Waals surface area contributed by atoms with Crippen molar-refractivity contribution in [2.24, 2.45) is 5.92 Å². The molecule has 17 heavy (non-hydrogen) atoms. The minimum atomic E-state index is 0.492. The Balaban J connectivity index is 2.33. The van der Waals surface area contributed by atoms with Gasteiger partial charge in [-0.3, -0.25) is 0 Å². The third kappa shape index (κ3) is 5.09. The smallest absolute Gasteiger partial charge is 0.161 e. The van der Waals surface area contributed by atoms with Gasteiger partial charge in [0.2, 0.25) is 0 Å². The molecule has 1 aromatic rings. The number of nitrogens with one attached hydrogen (secondary N) is 1. The van der Waals surface area contributed by atoms with Crippen LogP contribution >= 0.6 is 0 Å². The highest BCUT2D eigenvalue weighted by Gasteiger charge is 2.06. The van der Waals surface area contributed by atoms with Crippen LogP contribution in [0.3, 0.4) is 0 Å². The number of benzene rings is 1. The van der Waals surface area contributed by atoms with Crippen LogP contribution in [0.2, 0.25) is 0 Å². The standard InChI is InChI=1S/C14H23NO2/c1-4-9-15-10-12(2)11-17-14-8-6-5-7-13(14)16-3/h5-8,12,15H,4,9-11H2,1-3H3. The Labute approximate surface area is 104 Å². The first kappa shape index (κ1) is 13.8. The van der Waals surface area contributed by atoms with E-state index in [4.69, 9.17) is 9.47 Å². The van der Waals surface area contributed by atoms with Crippen LogP contribution in [0.4, 0.5) is 0 Å². The van der Waals surface area contributed by atoms with Crippen molar-refractivity contribution in [3.8, 4) is 11.5 Å². The Morgan fingerprint density at radius 3 is 2.59 bits per heavy atom. The van der Waals surface area contributed by atoms with Crippen molar-refractivity contribution in [3.05, 3.63) is 24.3 Å². The molecule has 0 fully saturated rings. The van der Waals surface area contributed by atoms with Gasteiger partial charge in [-0.2, -0.15) is 0 Å². The lowest BCUT2D eigenvalue weighted by Crippen LogP contribution is -2.25. The maximum Gasteiger partial charge on any atom is 0.161 e. The molecule has 0 aliphatic carbocycles. The minimum absolute atomic E-state index is 0.492. The van der Waals surface area contributed by atoms with Crippen molar-refractivity contribution in [3.63, 3.8) is 0 Å². The van der Waals surface area contributed by atoms with E-state index in [0.29, 0.717) is 12.5 Å². The van der Waals surface area contributed by atoms with Crippen molar-refractivity contribution in [1.82, 2.24) is 5.32 Å². The Morgan fingerprint density at radius 2 is 1.94 bits per heavy atom. The molecule has 96 valence electrons. The van der Waals surface area contributed by atoms with Gasteiger partial charge in [0.15, 0.2) is 11.5 Å². The molecule has 1 rings (SSSR count). The first-order valence-corrected chi connectivity index (χ1v) is 6.24. The molecule has 0 saturated carbocycles. The summed E-state index contributed by atoms with van der Waals surface area (Å²) in [5.41, 5.74) is 0. The topological polar surface area (TPSA) is 30.5 Å². The second-order valence-corrected chi connectivity index (χ2v) is 4.27. The van der Waals surface area contributed by atoms with E-state index in [9.17, 15) is 0 Å². The minimum Gasteiger partial charge on any atom is -0.493 e. The number of methoxy groups -OCH3 is 1. The van der Waals surface area contributed by atoms with E-state index < -0.39 is 0 Å². The van der Waals surface area contributed by atoms with Crippen LogP contribution in [0.1, 0.15) is 20.3 Å². The molecule has 0 aliphatic rings. The Bertz CT molecular complexity index is 315. The van der Waals surface area contributed by atoms with E-state index in [1.54, 1.807) is 7.11 Å². The van der Waals surface area contributed by atoms with Crippen molar-refractivity contribution in [2.75, 3.05) is 26.8 Å². The van der Waals surface area contributed by atoms with Crippen molar-refractivity contribution in [1.29, 1.82) is 0 Å². The highest BCUT2D eigenvalue weighted by Crippen LogP contribution is 2.25. The molecule has 0 saturated heterocycles. The molecule has 0 aromatic heterocycles.